The fourth-order valence-corrected chi connectivity index (χ4v) is 4.05. The summed E-state index contributed by atoms with van der Waals surface area (Å²) in [6, 6.07) is 0. The fourth-order valence-electron chi connectivity index (χ4n) is 4.05. The maximum atomic E-state index is 13.7. The quantitative estimate of drug-likeness (QED) is 0.0666. The van der Waals surface area contributed by atoms with E-state index in [9.17, 15) is 57.1 Å². The van der Waals surface area contributed by atoms with Gasteiger partial charge in [0, 0.05) is 6.42 Å². The van der Waals surface area contributed by atoms with E-state index in [0.29, 0.717) is 106 Å². The molecule has 1 N–H and O–H groups in total. The summed E-state index contributed by atoms with van der Waals surface area (Å²) < 4.78 is 238. The number of alkyl halides is 13. The molecular formula is C35H59F13O14. The zero-order chi connectivity index (χ0) is 46.9. The van der Waals surface area contributed by atoms with Crippen LogP contribution >= 0.6 is 0 Å². The highest BCUT2D eigenvalue weighted by Gasteiger charge is 2.90. The number of rotatable bonds is 45. The molecule has 0 fully saturated rings. The van der Waals surface area contributed by atoms with Crippen LogP contribution < -0.4 is 0 Å². The van der Waals surface area contributed by atoms with E-state index in [2.05, 4.69) is 4.74 Å². The van der Waals surface area contributed by atoms with Gasteiger partial charge in [-0.1, -0.05) is 0 Å². The highest BCUT2D eigenvalue weighted by molar-refractivity contribution is 5.10. The standard InChI is InChI=1S/C35H59F13O14/c1-29(49)28-62-27-26-61-25-24-60-23-22-59-21-20-58-19-18-57-17-16-56-15-14-55-13-12-54-11-10-53-9-8-52-7-6-51-5-4-50-3-2-30(36,37)31(38,39)32(40,41)33(42,43)34(44,45)35(46,47)48/h29,49H,2-28H2,1H3. The molecule has 0 saturated carbocycles. The van der Waals surface area contributed by atoms with E-state index in [1.807, 2.05) is 0 Å². The van der Waals surface area contributed by atoms with Crippen LogP contribution in [0.5, 0.6) is 0 Å². The van der Waals surface area contributed by atoms with E-state index in [4.69, 9.17) is 61.9 Å². The Bertz CT molecular complexity index is 1050. The molecule has 0 spiro atoms. The second-order valence-electron chi connectivity index (χ2n) is 12.5. The first-order chi connectivity index (χ1) is 29.2. The molecule has 27 heteroatoms. The van der Waals surface area contributed by atoms with Gasteiger partial charge in [-0.15, -0.1) is 0 Å². The first-order valence-electron chi connectivity index (χ1n) is 19.3. The van der Waals surface area contributed by atoms with Crippen LogP contribution in [0.3, 0.4) is 0 Å². The highest BCUT2D eigenvalue weighted by atomic mass is 19.4. The molecular weight excluding hydrogens is 891 g/mol. The number of hydrogen-bond acceptors (Lipinski definition) is 14. The van der Waals surface area contributed by atoms with Crippen LogP contribution in [0.4, 0.5) is 57.1 Å². The number of aliphatic hydroxyl groups is 1. The lowest BCUT2D eigenvalue weighted by Crippen LogP contribution is -2.70. The van der Waals surface area contributed by atoms with Crippen LogP contribution in [0.25, 0.3) is 0 Å². The van der Waals surface area contributed by atoms with Crippen LogP contribution in [-0.2, 0) is 61.6 Å². The van der Waals surface area contributed by atoms with Crippen molar-refractivity contribution in [2.45, 2.75) is 55.2 Å². The molecule has 62 heavy (non-hydrogen) atoms. The van der Waals surface area contributed by atoms with Gasteiger partial charge < -0.3 is 66.7 Å². The molecule has 0 aromatic carbocycles. The molecule has 1 unspecified atom stereocenters. The summed E-state index contributed by atoms with van der Waals surface area (Å²) in [6.45, 7) is 6.73. The Labute approximate surface area is 351 Å². The van der Waals surface area contributed by atoms with Crippen molar-refractivity contribution < 1.29 is 124 Å². The Morgan fingerprint density at radius 1 is 0.290 bits per heavy atom. The molecule has 0 aliphatic carbocycles. The van der Waals surface area contributed by atoms with E-state index in [1.54, 1.807) is 6.92 Å². The Kier molecular flexibility index (Phi) is 33.1. The minimum Gasteiger partial charge on any atom is -0.391 e. The molecule has 14 nitrogen and oxygen atoms in total. The van der Waals surface area contributed by atoms with E-state index < -0.39 is 61.5 Å². The van der Waals surface area contributed by atoms with E-state index in [1.165, 1.54) is 0 Å². The van der Waals surface area contributed by atoms with Gasteiger partial charge in [0.25, 0.3) is 0 Å². The number of aliphatic hydroxyl groups excluding tert-OH is 1. The van der Waals surface area contributed by atoms with Crippen LogP contribution in [-0.4, -0.2) is 219 Å². The lowest BCUT2D eigenvalue weighted by atomic mass is 9.93. The average Bonchev–Trinajstić information content (AvgIpc) is 3.19. The van der Waals surface area contributed by atoms with Gasteiger partial charge in [-0.3, -0.25) is 0 Å². The number of ether oxygens (including phenoxy) is 13. The van der Waals surface area contributed by atoms with Gasteiger partial charge in [0.2, 0.25) is 0 Å². The highest BCUT2D eigenvalue weighted by Crippen LogP contribution is 2.60. The zero-order valence-corrected chi connectivity index (χ0v) is 34.3. The lowest BCUT2D eigenvalue weighted by molar-refractivity contribution is -0.440. The van der Waals surface area contributed by atoms with E-state index >= 15 is 0 Å². The van der Waals surface area contributed by atoms with Gasteiger partial charge >= 0.3 is 35.8 Å². The Morgan fingerprint density at radius 3 is 0.694 bits per heavy atom. The average molecular weight is 951 g/mol. The maximum absolute atomic E-state index is 13.7. The normalized spacial score (nSPS) is 14.0. The fraction of sp³-hybridized carbons (Fsp3) is 1.00. The zero-order valence-electron chi connectivity index (χ0n) is 34.3. The topological polar surface area (TPSA) is 140 Å². The van der Waals surface area contributed by atoms with Gasteiger partial charge in [-0.25, -0.2) is 0 Å². The second-order valence-corrected chi connectivity index (χ2v) is 12.5. The molecule has 0 saturated heterocycles. The van der Waals surface area contributed by atoms with E-state index in [0.717, 1.165) is 0 Å². The summed E-state index contributed by atoms with van der Waals surface area (Å²) in [5, 5.41) is 9.06. The SMILES string of the molecule is CC(O)COCCOCCOCCOCCOCCOCCOCCOCCOCCOCCOCCOCCOCCC(F)(F)C(F)(F)C(F)(F)C(F)(F)C(F)(F)C(F)(F)F. The summed E-state index contributed by atoms with van der Waals surface area (Å²) in [7, 11) is 0. The molecule has 0 aliphatic rings. The van der Waals surface area contributed by atoms with Gasteiger partial charge in [0.15, 0.2) is 0 Å². The smallest absolute Gasteiger partial charge is 0.391 e. The van der Waals surface area contributed by atoms with Gasteiger partial charge in [-0.2, -0.15) is 57.1 Å². The van der Waals surface area contributed by atoms with Gasteiger partial charge in [0.1, 0.15) is 0 Å². The third-order valence-electron chi connectivity index (χ3n) is 7.38. The molecule has 374 valence electrons. The molecule has 0 rings (SSSR count). The molecule has 0 radical (unpaired) electrons. The van der Waals surface area contributed by atoms with Crippen molar-refractivity contribution in [1.29, 1.82) is 0 Å². The van der Waals surface area contributed by atoms with Gasteiger partial charge in [0.05, 0.1) is 178 Å². The summed E-state index contributed by atoms with van der Waals surface area (Å²) in [4.78, 5) is 0. The van der Waals surface area contributed by atoms with Crippen molar-refractivity contribution in [1.82, 2.24) is 0 Å². The van der Waals surface area contributed by atoms with Crippen molar-refractivity contribution in [3.63, 3.8) is 0 Å². The minimum absolute atomic E-state index is 0.0118. The Hall–Kier alpha value is -1.47. The number of halogens is 13. The predicted octanol–water partition coefficient (Wildman–Crippen LogP) is 4.71. The molecule has 0 aromatic heterocycles. The Balaban J connectivity index is 3.51. The molecule has 0 aromatic rings. The predicted molar refractivity (Wildman–Crippen MR) is 188 cm³/mol. The first-order valence-corrected chi connectivity index (χ1v) is 19.3. The van der Waals surface area contributed by atoms with Gasteiger partial charge in [-0.05, 0) is 6.92 Å². The third kappa shape index (κ3) is 25.3. The third-order valence-corrected chi connectivity index (χ3v) is 7.38. The van der Waals surface area contributed by atoms with Crippen LogP contribution in [0.15, 0.2) is 0 Å². The molecule has 1 atom stereocenters. The minimum atomic E-state index is -7.93. The van der Waals surface area contributed by atoms with Crippen molar-refractivity contribution in [3.05, 3.63) is 0 Å². The molecule has 0 amide bonds. The second kappa shape index (κ2) is 33.9. The Morgan fingerprint density at radius 2 is 0.484 bits per heavy atom. The summed E-state index contributed by atoms with van der Waals surface area (Å²) >= 11 is 0. The molecule has 0 bridgehead atoms. The monoisotopic (exact) mass is 950 g/mol. The van der Waals surface area contributed by atoms with E-state index in [-0.39, 0.29) is 52.9 Å². The van der Waals surface area contributed by atoms with Crippen molar-refractivity contribution in [2.24, 2.45) is 0 Å². The van der Waals surface area contributed by atoms with Crippen molar-refractivity contribution >= 4 is 0 Å². The van der Waals surface area contributed by atoms with Crippen LogP contribution in [0.2, 0.25) is 0 Å². The summed E-state index contributed by atoms with van der Waals surface area (Å²) in [5.74, 6) is -37.0. The summed E-state index contributed by atoms with van der Waals surface area (Å²) in [5.41, 5.74) is 0. The number of hydrogen-bond donors (Lipinski definition) is 1. The largest absolute Gasteiger partial charge is 0.460 e. The van der Waals surface area contributed by atoms with Crippen molar-refractivity contribution in [3.8, 4) is 0 Å². The van der Waals surface area contributed by atoms with Crippen molar-refractivity contribution in [2.75, 3.05) is 172 Å². The maximum Gasteiger partial charge on any atom is 0.460 e. The van der Waals surface area contributed by atoms with Crippen LogP contribution in [0, 0.1) is 0 Å². The molecule has 0 aliphatic heterocycles. The lowest BCUT2D eigenvalue weighted by Gasteiger charge is -2.39. The molecule has 0 heterocycles. The first kappa shape index (κ1) is 60.5. The van der Waals surface area contributed by atoms with Crippen LogP contribution in [0.1, 0.15) is 13.3 Å². The summed E-state index contributed by atoms with van der Waals surface area (Å²) in [6.07, 6.45) is -10.4.